The second-order valence-electron chi connectivity index (χ2n) is 9.07. The van der Waals surface area contributed by atoms with Crippen molar-refractivity contribution in [3.63, 3.8) is 0 Å². The van der Waals surface area contributed by atoms with Crippen LogP contribution in [0.1, 0.15) is 18.1 Å². The number of nitrogens with zero attached hydrogens (tertiary/aromatic N) is 7. The Morgan fingerprint density at radius 2 is 1.74 bits per heavy atom. The molecule has 9 atom stereocenters. The molecule has 38 heavy (non-hydrogen) atoms. The van der Waals surface area contributed by atoms with Crippen LogP contribution in [0.25, 0.3) is 11.2 Å². The van der Waals surface area contributed by atoms with E-state index >= 15 is 0 Å². The minimum absolute atomic E-state index is 0.0236. The summed E-state index contributed by atoms with van der Waals surface area (Å²) in [5, 5.41) is 73.0. The van der Waals surface area contributed by atoms with Crippen molar-refractivity contribution < 1.29 is 45.2 Å². The first-order valence-corrected chi connectivity index (χ1v) is 11.5. The number of nitrogens with one attached hydrogen (secondary N) is 1. The molecule has 3 aliphatic heterocycles. The van der Waals surface area contributed by atoms with Gasteiger partial charge in [0.15, 0.2) is 35.5 Å². The quantitative estimate of drug-likeness (QED) is 0.152. The topological polar surface area (TPSA) is 257 Å². The zero-order chi connectivity index (χ0) is 26.9. The lowest BCUT2D eigenvalue weighted by molar-refractivity contribution is -0.250. The minimum atomic E-state index is -2.21. The zero-order valence-electron chi connectivity index (χ0n) is 19.3. The van der Waals surface area contributed by atoms with Gasteiger partial charge in [0.05, 0.1) is 32.2 Å². The summed E-state index contributed by atoms with van der Waals surface area (Å²) in [5.74, 6) is -2.19. The Balaban J connectivity index is 1.46. The first-order valence-electron chi connectivity index (χ1n) is 11.5. The summed E-state index contributed by atoms with van der Waals surface area (Å²) < 4.78 is 13.9. The Bertz CT molecular complexity index is 1440. The summed E-state index contributed by atoms with van der Waals surface area (Å²) in [5.41, 5.74) is -0.870. The van der Waals surface area contributed by atoms with E-state index in [2.05, 4.69) is 24.9 Å². The fraction of sp³-hybridized carbons (Fsp3) is 0.550. The van der Waals surface area contributed by atoms with E-state index in [-0.39, 0.29) is 22.7 Å². The van der Waals surface area contributed by atoms with E-state index in [4.69, 9.17) is 9.47 Å². The van der Waals surface area contributed by atoms with Crippen LogP contribution < -0.4 is 5.56 Å². The molecule has 0 aromatic carbocycles. The highest BCUT2D eigenvalue weighted by Gasteiger charge is 2.62. The molecular weight excluding hydrogens is 512 g/mol. The SMILES string of the molecule is O=c1[nH]cnc2c1ncn2C1(N2C=Nc3c(ncn3[C@@H]3O[C@H](CO)C(O)C3O)C2O)O[C@H](CO)[C@@H](O)[C@H]1O. The van der Waals surface area contributed by atoms with Gasteiger partial charge in [0.1, 0.15) is 42.5 Å². The van der Waals surface area contributed by atoms with Gasteiger partial charge in [-0.3, -0.25) is 18.8 Å². The van der Waals surface area contributed by atoms with Gasteiger partial charge in [0.2, 0.25) is 0 Å². The first-order chi connectivity index (χ1) is 18.2. The standard InChI is InChI=1S/C20H24N8O10/c29-1-7-11(31)13(33)19(37-7)26-4-23-10-15(26)25-6-28(18(10)36)20(14(34)12(32)8(2-30)38-20)27-5-24-9-16(27)21-3-22-17(9)35/h3-8,11-14,18-19,29-34,36H,1-2H2,(H,21,22,35)/t7-,8-,11?,12-,13?,14-,18?,19-,20?/m1/s1. The average molecular weight is 536 g/mol. The molecule has 2 saturated heterocycles. The molecule has 8 N–H and O–H groups in total. The summed E-state index contributed by atoms with van der Waals surface area (Å²) in [7, 11) is 0. The van der Waals surface area contributed by atoms with Crippen molar-refractivity contribution >= 4 is 23.3 Å². The molecule has 18 heteroatoms. The predicted molar refractivity (Wildman–Crippen MR) is 120 cm³/mol. The van der Waals surface area contributed by atoms with Crippen LogP contribution in [0.5, 0.6) is 0 Å². The van der Waals surface area contributed by atoms with Crippen LogP contribution in [0, 0.1) is 0 Å². The maximum absolute atomic E-state index is 12.3. The van der Waals surface area contributed by atoms with Gasteiger partial charge in [-0.05, 0) is 0 Å². The normalized spacial score (nSPS) is 36.9. The maximum Gasteiger partial charge on any atom is 0.278 e. The Morgan fingerprint density at radius 1 is 0.974 bits per heavy atom. The summed E-state index contributed by atoms with van der Waals surface area (Å²) in [6.07, 6.45) is -7.08. The molecule has 4 unspecified atom stereocenters. The largest absolute Gasteiger partial charge is 0.394 e. The van der Waals surface area contributed by atoms with Gasteiger partial charge in [-0.25, -0.2) is 19.9 Å². The molecule has 0 bridgehead atoms. The van der Waals surface area contributed by atoms with Gasteiger partial charge in [-0.15, -0.1) is 0 Å². The lowest BCUT2D eigenvalue weighted by atomic mass is 10.1. The van der Waals surface area contributed by atoms with Crippen LogP contribution in [-0.2, 0) is 15.3 Å². The predicted octanol–water partition coefficient (Wildman–Crippen LogP) is -4.68. The Morgan fingerprint density at radius 3 is 2.42 bits per heavy atom. The van der Waals surface area contributed by atoms with Crippen molar-refractivity contribution in [3.05, 3.63) is 35.0 Å². The molecule has 6 rings (SSSR count). The molecule has 3 aromatic rings. The molecule has 2 fully saturated rings. The molecule has 0 saturated carbocycles. The highest BCUT2D eigenvalue weighted by molar-refractivity contribution is 5.70. The number of fused-ring (bicyclic) bond motifs is 2. The third kappa shape index (κ3) is 3.23. The maximum atomic E-state index is 12.3. The molecule has 0 radical (unpaired) electrons. The van der Waals surface area contributed by atoms with Crippen LogP contribution in [0.2, 0.25) is 0 Å². The van der Waals surface area contributed by atoms with Crippen LogP contribution >= 0.6 is 0 Å². The van der Waals surface area contributed by atoms with E-state index in [0.717, 1.165) is 28.5 Å². The summed E-state index contributed by atoms with van der Waals surface area (Å²) in [4.78, 5) is 32.2. The first kappa shape index (κ1) is 25.0. The number of imidazole rings is 2. The number of H-pyrrole nitrogens is 1. The number of aromatic nitrogens is 6. The Kier molecular flexibility index (Phi) is 5.83. The molecule has 3 aromatic heterocycles. The second kappa shape index (κ2) is 8.86. The highest BCUT2D eigenvalue weighted by atomic mass is 16.6. The molecule has 3 aliphatic rings. The number of aromatic amines is 1. The zero-order valence-corrected chi connectivity index (χ0v) is 19.3. The Labute approximate surface area is 211 Å². The van der Waals surface area contributed by atoms with Crippen LogP contribution in [0.4, 0.5) is 5.82 Å². The van der Waals surface area contributed by atoms with E-state index in [1.54, 1.807) is 0 Å². The molecule has 6 heterocycles. The number of hydrogen-bond donors (Lipinski definition) is 8. The van der Waals surface area contributed by atoms with Crippen molar-refractivity contribution in [1.29, 1.82) is 0 Å². The summed E-state index contributed by atoms with van der Waals surface area (Å²) >= 11 is 0. The van der Waals surface area contributed by atoms with Crippen molar-refractivity contribution in [1.82, 2.24) is 34.0 Å². The summed E-state index contributed by atoms with van der Waals surface area (Å²) in [6.45, 7) is -1.25. The van der Waals surface area contributed by atoms with Gasteiger partial charge in [0, 0.05) is 0 Å². The minimum Gasteiger partial charge on any atom is -0.394 e. The third-order valence-electron chi connectivity index (χ3n) is 7.05. The third-order valence-corrected chi connectivity index (χ3v) is 7.05. The van der Waals surface area contributed by atoms with E-state index in [9.17, 15) is 40.5 Å². The van der Waals surface area contributed by atoms with Gasteiger partial charge < -0.3 is 50.2 Å². The van der Waals surface area contributed by atoms with Gasteiger partial charge in [-0.1, -0.05) is 0 Å². The van der Waals surface area contributed by atoms with Crippen LogP contribution in [-0.4, -0.2) is 126 Å². The fourth-order valence-corrected chi connectivity index (χ4v) is 5.10. The number of rotatable bonds is 5. The lowest BCUT2D eigenvalue weighted by Crippen LogP contribution is -2.59. The highest BCUT2D eigenvalue weighted by Crippen LogP contribution is 2.46. The number of aliphatic hydroxyl groups is 7. The number of aliphatic hydroxyl groups excluding tert-OH is 7. The van der Waals surface area contributed by atoms with Gasteiger partial charge in [0.25, 0.3) is 11.4 Å². The number of hydrogen-bond acceptors (Lipinski definition) is 15. The monoisotopic (exact) mass is 536 g/mol. The lowest BCUT2D eigenvalue weighted by Gasteiger charge is -2.44. The smallest absolute Gasteiger partial charge is 0.278 e. The van der Waals surface area contributed by atoms with Crippen molar-refractivity contribution in [2.45, 2.75) is 54.9 Å². The van der Waals surface area contributed by atoms with Crippen LogP contribution in [0.3, 0.4) is 0 Å². The van der Waals surface area contributed by atoms with Gasteiger partial charge in [-0.2, -0.15) is 0 Å². The van der Waals surface area contributed by atoms with E-state index in [1.807, 2.05) is 0 Å². The molecule has 204 valence electrons. The molecule has 0 spiro atoms. The molecule has 0 amide bonds. The van der Waals surface area contributed by atoms with Crippen molar-refractivity contribution in [2.24, 2.45) is 4.99 Å². The van der Waals surface area contributed by atoms with E-state index < -0.39 is 73.7 Å². The van der Waals surface area contributed by atoms with E-state index in [0.29, 0.717) is 0 Å². The van der Waals surface area contributed by atoms with Crippen LogP contribution in [0.15, 0.2) is 28.8 Å². The second-order valence-corrected chi connectivity index (χ2v) is 9.07. The van der Waals surface area contributed by atoms with E-state index in [1.165, 1.54) is 10.9 Å². The molecular formula is C20H24N8O10. The van der Waals surface area contributed by atoms with Crippen molar-refractivity contribution in [2.75, 3.05) is 13.2 Å². The van der Waals surface area contributed by atoms with Gasteiger partial charge >= 0.3 is 0 Å². The molecule has 18 nitrogen and oxygen atoms in total. The summed E-state index contributed by atoms with van der Waals surface area (Å²) in [6, 6.07) is 0. The fourth-order valence-electron chi connectivity index (χ4n) is 5.10. The number of aliphatic imine (C=N–C) groups is 1. The Hall–Kier alpha value is -3.33. The van der Waals surface area contributed by atoms with Crippen molar-refractivity contribution in [3.8, 4) is 0 Å². The molecule has 0 aliphatic carbocycles. The average Bonchev–Trinajstić information content (AvgIpc) is 3.66. The number of ether oxygens (including phenoxy) is 2.